The largest absolute Gasteiger partial charge is 0.447 e. The smallest absolute Gasteiger partial charge is 0.247 e. The summed E-state index contributed by atoms with van der Waals surface area (Å²) in [5.41, 5.74) is 5.22. The molecule has 1 amide bonds. The van der Waals surface area contributed by atoms with E-state index in [1.807, 2.05) is 26.0 Å². The lowest BCUT2D eigenvalue weighted by Gasteiger charge is -2.31. The molecule has 0 saturated carbocycles. The summed E-state index contributed by atoms with van der Waals surface area (Å²) in [4.78, 5) is 19.3. The maximum absolute atomic E-state index is 13.0. The van der Waals surface area contributed by atoms with Gasteiger partial charge in [-0.05, 0) is 43.5 Å². The van der Waals surface area contributed by atoms with Crippen molar-refractivity contribution in [3.63, 3.8) is 0 Å². The quantitative estimate of drug-likeness (QED) is 0.494. The van der Waals surface area contributed by atoms with Crippen molar-refractivity contribution in [1.29, 1.82) is 5.26 Å². The number of anilines is 1. The topological polar surface area (TPSA) is 92.0 Å². The van der Waals surface area contributed by atoms with E-state index in [2.05, 4.69) is 35.1 Å². The molecule has 0 fully saturated rings. The number of thioether (sulfide) groups is 1. The van der Waals surface area contributed by atoms with Crippen LogP contribution in [0.3, 0.4) is 0 Å². The number of nitriles is 1. The van der Waals surface area contributed by atoms with Gasteiger partial charge in [0.05, 0.1) is 17.3 Å². The van der Waals surface area contributed by atoms with Gasteiger partial charge in [-0.15, -0.1) is 10.2 Å². The average molecular weight is 460 g/mol. The second-order valence-corrected chi connectivity index (χ2v) is 9.51. The van der Waals surface area contributed by atoms with Crippen LogP contribution >= 0.6 is 11.8 Å². The van der Waals surface area contributed by atoms with Gasteiger partial charge in [-0.25, -0.2) is 0 Å². The standard InChI is InChI=1S/C25H25N5O2S/c1-14(2)13-33-25-27-23-21(28-29-25)20-11-15(3)10-16(4)22(20)30(17(5)31)24(32-23)19-8-6-18(12-26)7-9-19/h6-11,14,24H,13H2,1-5H3/t24-/m0/s1. The molecule has 1 aliphatic heterocycles. The molecule has 33 heavy (non-hydrogen) atoms. The van der Waals surface area contributed by atoms with Crippen LogP contribution in [0.2, 0.25) is 0 Å². The van der Waals surface area contributed by atoms with Crippen molar-refractivity contribution in [2.24, 2.45) is 5.92 Å². The molecule has 2 aromatic carbocycles. The predicted molar refractivity (Wildman–Crippen MR) is 128 cm³/mol. The predicted octanol–water partition coefficient (Wildman–Crippen LogP) is 5.22. The highest BCUT2D eigenvalue weighted by atomic mass is 32.2. The van der Waals surface area contributed by atoms with Crippen molar-refractivity contribution in [2.75, 3.05) is 10.7 Å². The Bertz CT molecular complexity index is 1250. The highest BCUT2D eigenvalue weighted by Crippen LogP contribution is 2.45. The maximum Gasteiger partial charge on any atom is 0.247 e. The normalized spacial score (nSPS) is 14.7. The van der Waals surface area contributed by atoms with Crippen LogP contribution in [-0.4, -0.2) is 26.8 Å². The van der Waals surface area contributed by atoms with Crippen molar-refractivity contribution >= 4 is 23.4 Å². The van der Waals surface area contributed by atoms with E-state index in [0.29, 0.717) is 28.2 Å². The van der Waals surface area contributed by atoms with Crippen molar-refractivity contribution < 1.29 is 9.53 Å². The molecule has 0 unspecified atom stereocenters. The molecule has 1 aliphatic rings. The van der Waals surface area contributed by atoms with Crippen molar-refractivity contribution in [3.05, 3.63) is 58.7 Å². The maximum atomic E-state index is 13.0. The molecular formula is C25H25N5O2S. The Morgan fingerprint density at radius 3 is 2.58 bits per heavy atom. The number of benzene rings is 2. The van der Waals surface area contributed by atoms with Crippen LogP contribution in [0.15, 0.2) is 41.6 Å². The summed E-state index contributed by atoms with van der Waals surface area (Å²) < 4.78 is 6.41. The van der Waals surface area contributed by atoms with Crippen LogP contribution in [0.25, 0.3) is 11.3 Å². The third kappa shape index (κ3) is 4.55. The zero-order valence-electron chi connectivity index (χ0n) is 19.3. The first-order valence-electron chi connectivity index (χ1n) is 10.7. The summed E-state index contributed by atoms with van der Waals surface area (Å²) >= 11 is 1.52. The molecule has 7 nitrogen and oxygen atoms in total. The number of carbonyl (C=O) groups is 1. The SMILES string of the molecule is CC(=O)N1c2c(C)cc(C)cc2-c2nnc(SCC(C)C)nc2O[C@H]1c1ccc(C#N)cc1. The number of nitrogens with zero attached hydrogens (tertiary/aromatic N) is 5. The number of amides is 1. The van der Waals surface area contributed by atoms with E-state index < -0.39 is 6.23 Å². The van der Waals surface area contributed by atoms with E-state index in [9.17, 15) is 10.1 Å². The number of aromatic nitrogens is 3. The van der Waals surface area contributed by atoms with E-state index >= 15 is 0 Å². The van der Waals surface area contributed by atoms with Gasteiger partial charge in [-0.1, -0.05) is 49.4 Å². The Morgan fingerprint density at radius 2 is 1.94 bits per heavy atom. The van der Waals surface area contributed by atoms with Gasteiger partial charge in [0.25, 0.3) is 0 Å². The molecule has 3 aromatic rings. The fraction of sp³-hybridized carbons (Fsp3) is 0.320. The van der Waals surface area contributed by atoms with Crippen molar-refractivity contribution in [2.45, 2.75) is 46.0 Å². The minimum atomic E-state index is -0.767. The Kier molecular flexibility index (Phi) is 6.34. The molecule has 2 heterocycles. The fourth-order valence-corrected chi connectivity index (χ4v) is 4.58. The van der Waals surface area contributed by atoms with Gasteiger partial charge >= 0.3 is 0 Å². The van der Waals surface area contributed by atoms with Crippen molar-refractivity contribution in [3.8, 4) is 23.2 Å². The Labute approximate surface area is 197 Å². The summed E-state index contributed by atoms with van der Waals surface area (Å²) in [5.74, 6) is 1.49. The molecule has 4 rings (SSSR count). The highest BCUT2D eigenvalue weighted by molar-refractivity contribution is 7.99. The molecule has 168 valence electrons. The summed E-state index contributed by atoms with van der Waals surface area (Å²) in [6, 6.07) is 13.2. The van der Waals surface area contributed by atoms with Crippen LogP contribution in [0.5, 0.6) is 5.88 Å². The molecule has 0 aliphatic carbocycles. The lowest BCUT2D eigenvalue weighted by Crippen LogP contribution is -2.36. The minimum absolute atomic E-state index is 0.173. The first-order valence-corrected chi connectivity index (χ1v) is 11.7. The number of hydrogen-bond donors (Lipinski definition) is 0. The van der Waals surface area contributed by atoms with Gasteiger partial charge in [-0.3, -0.25) is 9.69 Å². The number of hydrogen-bond acceptors (Lipinski definition) is 7. The monoisotopic (exact) mass is 459 g/mol. The Balaban J connectivity index is 1.93. The lowest BCUT2D eigenvalue weighted by atomic mass is 10.00. The summed E-state index contributed by atoms with van der Waals surface area (Å²) in [7, 11) is 0. The van der Waals surface area contributed by atoms with Gasteiger partial charge in [-0.2, -0.15) is 10.2 Å². The first kappa shape index (κ1) is 22.7. The van der Waals surface area contributed by atoms with Crippen LogP contribution in [-0.2, 0) is 4.79 Å². The number of fused-ring (bicyclic) bond motifs is 3. The minimum Gasteiger partial charge on any atom is -0.447 e. The van der Waals surface area contributed by atoms with Crippen LogP contribution in [0.4, 0.5) is 5.69 Å². The van der Waals surface area contributed by atoms with E-state index in [-0.39, 0.29) is 5.91 Å². The number of ether oxygens (including phenoxy) is 1. The third-order valence-corrected chi connectivity index (χ3v) is 6.51. The zero-order valence-corrected chi connectivity index (χ0v) is 20.1. The summed E-state index contributed by atoms with van der Waals surface area (Å²) in [5, 5.41) is 18.6. The number of carbonyl (C=O) groups excluding carboxylic acids is 1. The Hall–Kier alpha value is -3.44. The van der Waals surface area contributed by atoms with E-state index in [0.717, 1.165) is 33.7 Å². The fourth-order valence-electron chi connectivity index (χ4n) is 3.85. The van der Waals surface area contributed by atoms with E-state index in [1.54, 1.807) is 29.2 Å². The number of aryl methyl sites for hydroxylation is 2. The molecule has 0 saturated heterocycles. The van der Waals surface area contributed by atoms with Crippen LogP contribution in [0, 0.1) is 31.1 Å². The highest BCUT2D eigenvalue weighted by Gasteiger charge is 2.35. The molecule has 0 N–H and O–H groups in total. The van der Waals surface area contributed by atoms with Crippen molar-refractivity contribution in [1.82, 2.24) is 15.2 Å². The van der Waals surface area contributed by atoms with Gasteiger partial charge in [0.2, 0.25) is 23.2 Å². The second kappa shape index (κ2) is 9.20. The summed E-state index contributed by atoms with van der Waals surface area (Å²) in [6.45, 7) is 9.75. The van der Waals surface area contributed by atoms with Gasteiger partial charge in [0.1, 0.15) is 0 Å². The molecule has 1 aromatic heterocycles. The molecule has 0 radical (unpaired) electrons. The van der Waals surface area contributed by atoms with Crippen LogP contribution < -0.4 is 9.64 Å². The lowest BCUT2D eigenvalue weighted by molar-refractivity contribution is -0.118. The molecule has 0 spiro atoms. The molecule has 8 heteroatoms. The van der Waals surface area contributed by atoms with E-state index in [1.165, 1.54) is 18.7 Å². The molecular weight excluding hydrogens is 434 g/mol. The van der Waals surface area contributed by atoms with Gasteiger partial charge in [0, 0.05) is 23.8 Å². The van der Waals surface area contributed by atoms with E-state index in [4.69, 9.17) is 4.74 Å². The third-order valence-electron chi connectivity index (χ3n) is 5.24. The Morgan fingerprint density at radius 1 is 1.21 bits per heavy atom. The van der Waals surface area contributed by atoms with Crippen LogP contribution in [0.1, 0.15) is 49.3 Å². The second-order valence-electron chi connectivity index (χ2n) is 8.52. The van der Waals surface area contributed by atoms with Gasteiger partial charge in [0.15, 0.2) is 5.69 Å². The summed E-state index contributed by atoms with van der Waals surface area (Å²) in [6.07, 6.45) is -0.767. The molecule has 1 atom stereocenters. The number of rotatable bonds is 4. The average Bonchev–Trinajstić information content (AvgIpc) is 2.92. The van der Waals surface area contributed by atoms with Gasteiger partial charge < -0.3 is 4.74 Å². The molecule has 0 bridgehead atoms. The first-order chi connectivity index (χ1) is 15.8. The zero-order chi connectivity index (χ0) is 23.7.